The van der Waals surface area contributed by atoms with Crippen LogP contribution < -0.4 is 0 Å². The highest BCUT2D eigenvalue weighted by atomic mass is 19.1. The first-order chi connectivity index (χ1) is 15.2. The number of hydrogen-bond donors (Lipinski definition) is 0. The summed E-state index contributed by atoms with van der Waals surface area (Å²) in [6, 6.07) is 21.4. The maximum atomic E-state index is 13.6. The van der Waals surface area contributed by atoms with E-state index >= 15 is 0 Å². The summed E-state index contributed by atoms with van der Waals surface area (Å²) < 4.78 is 24.8. The Hall–Kier alpha value is -3.99. The topological polar surface area (TPSA) is 52.3 Å². The van der Waals surface area contributed by atoms with E-state index in [1.807, 2.05) is 42.5 Å². The first kappa shape index (κ1) is 19.0. The van der Waals surface area contributed by atoms with E-state index in [4.69, 9.17) is 14.1 Å². The van der Waals surface area contributed by atoms with Gasteiger partial charge in [0, 0.05) is 16.5 Å². The number of pyridine rings is 1. The summed E-state index contributed by atoms with van der Waals surface area (Å²) in [6.45, 7) is 1.97. The summed E-state index contributed by atoms with van der Waals surface area (Å²) in [5, 5.41) is 2.78. The van der Waals surface area contributed by atoms with Gasteiger partial charge >= 0.3 is 5.97 Å². The first-order valence-corrected chi connectivity index (χ1v) is 9.99. The van der Waals surface area contributed by atoms with Gasteiger partial charge in [0.15, 0.2) is 0 Å². The second-order valence-electron chi connectivity index (χ2n) is 7.10. The van der Waals surface area contributed by atoms with Crippen molar-refractivity contribution < 1.29 is 18.3 Å². The number of rotatable bonds is 4. The van der Waals surface area contributed by atoms with Crippen molar-refractivity contribution in [3.63, 3.8) is 0 Å². The summed E-state index contributed by atoms with van der Waals surface area (Å²) in [7, 11) is 0. The fourth-order valence-corrected chi connectivity index (χ4v) is 3.92. The van der Waals surface area contributed by atoms with Gasteiger partial charge in [-0.2, -0.15) is 0 Å². The molecule has 4 nitrogen and oxygen atoms in total. The molecular weight excluding hydrogens is 393 g/mol. The second kappa shape index (κ2) is 7.69. The fraction of sp³-hybridized carbons (Fsp3) is 0.0769. The lowest BCUT2D eigenvalue weighted by Crippen LogP contribution is -2.10. The predicted molar refractivity (Wildman–Crippen MR) is 118 cm³/mol. The van der Waals surface area contributed by atoms with E-state index in [-0.39, 0.29) is 12.4 Å². The third-order valence-electron chi connectivity index (χ3n) is 5.24. The zero-order valence-corrected chi connectivity index (χ0v) is 16.8. The number of aromatic nitrogens is 1. The van der Waals surface area contributed by atoms with Crippen LogP contribution >= 0.6 is 0 Å². The molecule has 31 heavy (non-hydrogen) atoms. The molecular formula is C26H18FNO3. The minimum atomic E-state index is -0.504. The molecule has 0 saturated carbocycles. The number of furan rings is 1. The lowest BCUT2D eigenvalue weighted by atomic mass is 9.92. The van der Waals surface area contributed by atoms with Crippen LogP contribution in [0.5, 0.6) is 0 Å². The lowest BCUT2D eigenvalue weighted by molar-refractivity contribution is 0.0528. The Labute approximate surface area is 177 Å². The molecule has 5 rings (SSSR count). The molecule has 0 unspecified atom stereocenters. The highest BCUT2D eigenvalue weighted by Gasteiger charge is 2.26. The van der Waals surface area contributed by atoms with Gasteiger partial charge in [-0.3, -0.25) is 0 Å². The molecule has 2 aromatic heterocycles. The zero-order valence-electron chi connectivity index (χ0n) is 16.8. The van der Waals surface area contributed by atoms with Crippen LogP contribution in [-0.2, 0) is 4.74 Å². The molecule has 5 heteroatoms. The molecule has 152 valence electrons. The molecule has 0 atom stereocenters. The van der Waals surface area contributed by atoms with E-state index in [9.17, 15) is 9.18 Å². The zero-order chi connectivity index (χ0) is 21.4. The van der Waals surface area contributed by atoms with E-state index in [1.54, 1.807) is 31.4 Å². The quantitative estimate of drug-likeness (QED) is 0.246. The van der Waals surface area contributed by atoms with Crippen molar-refractivity contribution in [3.05, 3.63) is 90.4 Å². The number of nitrogens with zero attached hydrogens (tertiary/aromatic N) is 1. The molecule has 0 N–H and O–H groups in total. The van der Waals surface area contributed by atoms with Gasteiger partial charge in [-0.15, -0.1) is 0 Å². The van der Waals surface area contributed by atoms with Crippen LogP contribution in [0.15, 0.2) is 83.5 Å². The summed E-state index contributed by atoms with van der Waals surface area (Å²) in [6.07, 6.45) is 1.57. The third kappa shape index (κ3) is 3.24. The maximum Gasteiger partial charge on any atom is 0.341 e. The minimum absolute atomic E-state index is 0.215. The van der Waals surface area contributed by atoms with E-state index in [0.29, 0.717) is 33.7 Å². The Bertz CT molecular complexity index is 1410. The monoisotopic (exact) mass is 411 g/mol. The van der Waals surface area contributed by atoms with Crippen LogP contribution in [0, 0.1) is 5.82 Å². The van der Waals surface area contributed by atoms with Crippen molar-refractivity contribution in [2.24, 2.45) is 0 Å². The minimum Gasteiger partial charge on any atom is -0.464 e. The van der Waals surface area contributed by atoms with Gasteiger partial charge in [0.1, 0.15) is 11.6 Å². The maximum absolute atomic E-state index is 13.6. The van der Waals surface area contributed by atoms with Crippen LogP contribution in [0.4, 0.5) is 4.39 Å². The van der Waals surface area contributed by atoms with Gasteiger partial charge in [-0.25, -0.2) is 14.2 Å². The third-order valence-corrected chi connectivity index (χ3v) is 5.24. The number of fused-ring (bicyclic) bond motifs is 3. The Balaban J connectivity index is 1.98. The van der Waals surface area contributed by atoms with E-state index in [2.05, 4.69) is 0 Å². The highest BCUT2D eigenvalue weighted by molar-refractivity contribution is 6.19. The Kier molecular flexibility index (Phi) is 4.71. The largest absolute Gasteiger partial charge is 0.464 e. The molecule has 2 heterocycles. The van der Waals surface area contributed by atoms with Crippen LogP contribution in [0.3, 0.4) is 0 Å². The van der Waals surface area contributed by atoms with Crippen molar-refractivity contribution >= 4 is 27.6 Å². The van der Waals surface area contributed by atoms with Crippen molar-refractivity contribution in [1.29, 1.82) is 0 Å². The molecule has 5 aromatic rings. The summed E-state index contributed by atoms with van der Waals surface area (Å²) in [4.78, 5) is 18.1. The Morgan fingerprint density at radius 3 is 2.55 bits per heavy atom. The average molecular weight is 411 g/mol. The van der Waals surface area contributed by atoms with Gasteiger partial charge in [0.05, 0.1) is 29.6 Å². The van der Waals surface area contributed by atoms with E-state index in [0.717, 1.165) is 16.2 Å². The van der Waals surface area contributed by atoms with E-state index in [1.165, 1.54) is 12.1 Å². The van der Waals surface area contributed by atoms with Crippen LogP contribution in [-0.4, -0.2) is 17.6 Å². The van der Waals surface area contributed by atoms with Crippen molar-refractivity contribution in [1.82, 2.24) is 4.98 Å². The normalized spacial score (nSPS) is 11.2. The number of esters is 1. The fourth-order valence-electron chi connectivity index (χ4n) is 3.92. The Morgan fingerprint density at radius 2 is 1.81 bits per heavy atom. The Morgan fingerprint density at radius 1 is 1.00 bits per heavy atom. The SMILES string of the molecule is CCOC(=O)c1c(-c2ccc(F)cc2)nc2ccc3ccccc3c2c1-c1ccco1. The van der Waals surface area contributed by atoms with Gasteiger partial charge < -0.3 is 9.15 Å². The molecule has 0 aliphatic rings. The number of hydrogen-bond acceptors (Lipinski definition) is 4. The van der Waals surface area contributed by atoms with Gasteiger partial charge in [0.2, 0.25) is 0 Å². The van der Waals surface area contributed by atoms with Crippen molar-refractivity contribution in [2.45, 2.75) is 6.92 Å². The van der Waals surface area contributed by atoms with Crippen LogP contribution in [0.2, 0.25) is 0 Å². The average Bonchev–Trinajstić information content (AvgIpc) is 3.33. The number of ether oxygens (including phenoxy) is 1. The summed E-state index contributed by atoms with van der Waals surface area (Å²) in [5.41, 5.74) is 2.66. The molecule has 0 aliphatic carbocycles. The molecule has 0 spiro atoms. The molecule has 0 saturated heterocycles. The van der Waals surface area contributed by atoms with Gasteiger partial charge in [0.25, 0.3) is 0 Å². The second-order valence-corrected chi connectivity index (χ2v) is 7.10. The molecule has 0 bridgehead atoms. The predicted octanol–water partition coefficient (Wildman–Crippen LogP) is 6.63. The number of carbonyl (C=O) groups is 1. The highest BCUT2D eigenvalue weighted by Crippen LogP contribution is 2.40. The van der Waals surface area contributed by atoms with E-state index < -0.39 is 5.97 Å². The molecule has 0 amide bonds. The number of carbonyl (C=O) groups excluding carboxylic acids is 1. The first-order valence-electron chi connectivity index (χ1n) is 9.99. The van der Waals surface area contributed by atoms with Gasteiger partial charge in [-0.1, -0.05) is 30.3 Å². The molecule has 3 aromatic carbocycles. The van der Waals surface area contributed by atoms with Crippen molar-refractivity contribution in [3.8, 4) is 22.6 Å². The summed E-state index contributed by atoms with van der Waals surface area (Å²) >= 11 is 0. The number of halogens is 1. The summed E-state index contributed by atoms with van der Waals surface area (Å²) in [5.74, 6) is -0.329. The van der Waals surface area contributed by atoms with Crippen LogP contribution in [0.1, 0.15) is 17.3 Å². The van der Waals surface area contributed by atoms with Crippen molar-refractivity contribution in [2.75, 3.05) is 6.61 Å². The molecule has 0 fully saturated rings. The lowest BCUT2D eigenvalue weighted by Gasteiger charge is -2.17. The molecule has 0 radical (unpaired) electrons. The standard InChI is InChI=1S/C26H18FNO3/c1-2-30-26(29)24-23(21-8-5-15-31-21)22-19-7-4-3-6-16(19)11-14-20(22)28-25(24)17-9-12-18(27)13-10-17/h3-15H,2H2,1H3. The van der Waals surface area contributed by atoms with Crippen LogP contribution in [0.25, 0.3) is 44.3 Å². The molecule has 0 aliphatic heterocycles. The van der Waals surface area contributed by atoms with Gasteiger partial charge in [-0.05, 0) is 60.2 Å². The smallest absolute Gasteiger partial charge is 0.341 e. The number of benzene rings is 3.